The minimum atomic E-state index is -4.04. The molecule has 0 saturated heterocycles. The molecule has 6 nitrogen and oxygen atoms in total. The van der Waals surface area contributed by atoms with E-state index in [0.717, 1.165) is 6.07 Å². The molecular weight excluding hydrogens is 288 g/mol. The quantitative estimate of drug-likeness (QED) is 0.750. The maximum Gasteiger partial charge on any atom is 0.240 e. The smallest absolute Gasteiger partial charge is 0.225 e. The number of rotatable bonds is 1. The lowest BCUT2D eigenvalue weighted by Gasteiger charge is -2.18. The average Bonchev–Trinajstić information content (AvgIpc) is 2.13. The minimum Gasteiger partial charge on any atom is -0.225 e. The van der Waals surface area contributed by atoms with Crippen LogP contribution in [0.3, 0.4) is 0 Å². The predicted octanol–water partition coefficient (Wildman–Crippen LogP) is -0.178. The summed E-state index contributed by atoms with van der Waals surface area (Å²) in [6, 6.07) is 2.32. The summed E-state index contributed by atoms with van der Waals surface area (Å²) < 4.78 is 48.1. The first-order chi connectivity index (χ1) is 7.72. The van der Waals surface area contributed by atoms with E-state index >= 15 is 0 Å². The molecule has 0 bridgehead atoms. The molecule has 1 heterocycles. The van der Waals surface area contributed by atoms with Gasteiger partial charge >= 0.3 is 0 Å². The lowest BCUT2D eigenvalue weighted by molar-refractivity contribution is 0.573. The molecule has 1 aromatic rings. The van der Waals surface area contributed by atoms with Crippen LogP contribution in [0.5, 0.6) is 0 Å². The van der Waals surface area contributed by atoms with Gasteiger partial charge in [-0.3, -0.25) is 0 Å². The van der Waals surface area contributed by atoms with Crippen molar-refractivity contribution in [3.63, 3.8) is 0 Å². The van der Waals surface area contributed by atoms with E-state index < -0.39 is 20.0 Å². The molecule has 3 N–H and O–H groups in total. The molecule has 2 rings (SSSR count). The van der Waals surface area contributed by atoms with Crippen LogP contribution in [0.4, 0.5) is 0 Å². The number of nitrogens with one attached hydrogen (secondary N) is 1. The number of fused-ring (bicyclic) bond motifs is 1. The van der Waals surface area contributed by atoms with Crippen molar-refractivity contribution in [3.8, 4) is 0 Å². The molecule has 0 radical (unpaired) electrons. The lowest BCUT2D eigenvalue weighted by atomic mass is 10.1. The van der Waals surface area contributed by atoms with E-state index in [1.807, 2.05) is 0 Å². The van der Waals surface area contributed by atoms with Gasteiger partial charge in [-0.2, -0.15) is 0 Å². The van der Waals surface area contributed by atoms with Gasteiger partial charge in [-0.15, -0.1) is 0 Å². The molecule has 1 aromatic carbocycles. The first kappa shape index (κ1) is 12.8. The Labute approximate surface area is 104 Å². The zero-order valence-electron chi connectivity index (χ0n) is 8.47. The van der Waals surface area contributed by atoms with Crippen molar-refractivity contribution in [3.05, 3.63) is 22.7 Å². The Morgan fingerprint density at radius 1 is 1.35 bits per heavy atom. The fourth-order valence-corrected chi connectivity index (χ4v) is 4.14. The van der Waals surface area contributed by atoms with Crippen LogP contribution in [0.1, 0.15) is 5.56 Å². The maximum atomic E-state index is 11.7. The Balaban J connectivity index is 2.79. The Bertz CT molecular complexity index is 682. The number of nitrogens with two attached hydrogens (primary N) is 1. The van der Waals surface area contributed by atoms with Crippen molar-refractivity contribution in [2.24, 2.45) is 5.14 Å². The zero-order valence-corrected chi connectivity index (χ0v) is 10.9. The molecule has 0 fully saturated rings. The highest BCUT2D eigenvalue weighted by Gasteiger charge is 2.26. The summed E-state index contributed by atoms with van der Waals surface area (Å²) in [5.74, 6) is 0. The average molecular weight is 297 g/mol. The van der Waals surface area contributed by atoms with Gasteiger partial charge in [0.05, 0.1) is 9.92 Å². The summed E-state index contributed by atoms with van der Waals surface area (Å²) in [5, 5.41) is 4.89. The molecule has 0 spiro atoms. The Hall–Kier alpha value is -0.670. The summed E-state index contributed by atoms with van der Waals surface area (Å²) in [5.41, 5.74) is 0.487. The highest BCUT2D eigenvalue weighted by Crippen LogP contribution is 2.29. The summed E-state index contributed by atoms with van der Waals surface area (Å²) >= 11 is 5.76. The van der Waals surface area contributed by atoms with E-state index in [0.29, 0.717) is 12.0 Å². The van der Waals surface area contributed by atoms with Crippen molar-refractivity contribution in [2.75, 3.05) is 6.54 Å². The Morgan fingerprint density at radius 3 is 2.59 bits per heavy atom. The molecular formula is C8H9ClN2O4S2. The van der Waals surface area contributed by atoms with Gasteiger partial charge in [0.2, 0.25) is 20.0 Å². The SMILES string of the molecule is NS(=O)(=O)c1cc2c(cc1Cl)CCNS2(=O)=O. The predicted molar refractivity (Wildman–Crippen MR) is 61.7 cm³/mol. The molecule has 0 amide bonds. The van der Waals surface area contributed by atoms with Crippen molar-refractivity contribution in [1.29, 1.82) is 0 Å². The van der Waals surface area contributed by atoms with Gasteiger partial charge in [-0.05, 0) is 24.1 Å². The fourth-order valence-electron chi connectivity index (χ4n) is 1.64. The molecule has 94 valence electrons. The first-order valence-corrected chi connectivity index (χ1v) is 7.97. The van der Waals surface area contributed by atoms with E-state index in [9.17, 15) is 16.8 Å². The fraction of sp³-hybridized carbons (Fsp3) is 0.250. The molecule has 17 heavy (non-hydrogen) atoms. The molecule has 9 heteroatoms. The van der Waals surface area contributed by atoms with Crippen LogP contribution in [0.2, 0.25) is 5.02 Å². The van der Waals surface area contributed by atoms with Crippen LogP contribution < -0.4 is 9.86 Å². The second kappa shape index (κ2) is 3.92. The summed E-state index contributed by atoms with van der Waals surface area (Å²) in [4.78, 5) is -0.470. The Kier molecular flexibility index (Phi) is 2.95. The van der Waals surface area contributed by atoms with Crippen molar-refractivity contribution < 1.29 is 16.8 Å². The number of hydrogen-bond acceptors (Lipinski definition) is 4. The monoisotopic (exact) mass is 296 g/mol. The van der Waals surface area contributed by atoms with Crippen LogP contribution >= 0.6 is 11.6 Å². The van der Waals surface area contributed by atoms with Gasteiger partial charge in [-0.25, -0.2) is 26.7 Å². The molecule has 0 atom stereocenters. The summed E-state index contributed by atoms with van der Waals surface area (Å²) in [6.07, 6.45) is 0.458. The van der Waals surface area contributed by atoms with Crippen LogP contribution in [0.15, 0.2) is 21.9 Å². The van der Waals surface area contributed by atoms with Crippen LogP contribution in [-0.4, -0.2) is 23.4 Å². The van der Waals surface area contributed by atoms with Gasteiger partial charge < -0.3 is 0 Å². The highest BCUT2D eigenvalue weighted by molar-refractivity contribution is 7.90. The first-order valence-electron chi connectivity index (χ1n) is 4.57. The van der Waals surface area contributed by atoms with Crippen molar-refractivity contribution in [1.82, 2.24) is 4.72 Å². The third kappa shape index (κ3) is 2.31. The van der Waals surface area contributed by atoms with Gasteiger partial charge in [0, 0.05) is 6.54 Å². The van der Waals surface area contributed by atoms with Crippen LogP contribution in [0, 0.1) is 0 Å². The standard InChI is InChI=1S/C8H9ClN2O4S2/c9-6-3-5-1-2-11-17(14,15)7(5)4-8(6)16(10,12)13/h3-4,11H,1-2H2,(H2,10,12,13). The largest absolute Gasteiger partial charge is 0.240 e. The highest BCUT2D eigenvalue weighted by atomic mass is 35.5. The third-order valence-corrected chi connectivity index (χ3v) is 5.32. The van der Waals surface area contributed by atoms with E-state index in [4.69, 9.17) is 16.7 Å². The number of sulfonamides is 2. The number of primary sulfonamides is 1. The van der Waals surface area contributed by atoms with Crippen molar-refractivity contribution in [2.45, 2.75) is 16.2 Å². The number of benzene rings is 1. The lowest BCUT2D eigenvalue weighted by Crippen LogP contribution is -2.32. The summed E-state index contributed by atoms with van der Waals surface area (Å²) in [7, 11) is -7.71. The van der Waals surface area contributed by atoms with Gasteiger partial charge in [0.25, 0.3) is 0 Å². The zero-order chi connectivity index (χ0) is 12.8. The van der Waals surface area contributed by atoms with Gasteiger partial charge in [-0.1, -0.05) is 11.6 Å². The van der Waals surface area contributed by atoms with E-state index in [1.54, 1.807) is 0 Å². The van der Waals surface area contributed by atoms with E-state index in [1.165, 1.54) is 6.07 Å². The summed E-state index contributed by atoms with van der Waals surface area (Å²) in [6.45, 7) is 0.264. The second-order valence-corrected chi connectivity index (χ2v) is 7.26. The second-order valence-electron chi connectivity index (χ2n) is 3.58. The molecule has 1 aliphatic rings. The topological polar surface area (TPSA) is 106 Å². The molecule has 0 saturated carbocycles. The van der Waals surface area contributed by atoms with E-state index in [2.05, 4.69) is 4.72 Å². The Morgan fingerprint density at radius 2 is 2.00 bits per heavy atom. The molecule has 0 aromatic heterocycles. The third-order valence-electron chi connectivity index (χ3n) is 2.40. The number of hydrogen-bond donors (Lipinski definition) is 2. The molecule has 1 aliphatic heterocycles. The van der Waals surface area contributed by atoms with Gasteiger partial charge in [0.15, 0.2) is 0 Å². The van der Waals surface area contributed by atoms with Gasteiger partial charge in [0.1, 0.15) is 4.90 Å². The van der Waals surface area contributed by atoms with Crippen LogP contribution in [0.25, 0.3) is 0 Å². The van der Waals surface area contributed by atoms with Crippen LogP contribution in [-0.2, 0) is 26.5 Å². The van der Waals surface area contributed by atoms with E-state index in [-0.39, 0.29) is 21.4 Å². The molecule has 0 aliphatic carbocycles. The maximum absolute atomic E-state index is 11.7. The minimum absolute atomic E-state index is 0.0663. The normalized spacial score (nSPS) is 18.7. The number of halogens is 1. The molecule has 0 unspecified atom stereocenters. The van der Waals surface area contributed by atoms with Crippen molar-refractivity contribution >= 4 is 31.6 Å².